The van der Waals surface area contributed by atoms with E-state index in [1.54, 1.807) is 0 Å². The molecule has 3 unspecified atom stereocenters. The first-order valence-electron chi connectivity index (χ1n) is 7.79. The summed E-state index contributed by atoms with van der Waals surface area (Å²) in [5, 5.41) is 3.77. The molecule has 3 heteroatoms. The second-order valence-electron chi connectivity index (χ2n) is 6.85. The van der Waals surface area contributed by atoms with Gasteiger partial charge in [0.25, 0.3) is 0 Å². The zero-order valence-electron chi connectivity index (χ0n) is 11.9. The van der Waals surface area contributed by atoms with Crippen molar-refractivity contribution in [2.75, 3.05) is 32.8 Å². The predicted octanol–water partition coefficient (Wildman–Crippen LogP) is 1.73. The molecular formula is C15H28N2O. The average Bonchev–Trinajstić information content (AvgIpc) is 3.07. The summed E-state index contributed by atoms with van der Waals surface area (Å²) in [6.45, 7) is 10.4. The van der Waals surface area contributed by atoms with E-state index in [1.165, 1.54) is 38.9 Å². The van der Waals surface area contributed by atoms with E-state index in [2.05, 4.69) is 24.1 Å². The third kappa shape index (κ3) is 2.89. The fourth-order valence-electron chi connectivity index (χ4n) is 3.52. The van der Waals surface area contributed by atoms with Crippen molar-refractivity contribution in [1.82, 2.24) is 10.2 Å². The van der Waals surface area contributed by atoms with Crippen molar-refractivity contribution >= 4 is 0 Å². The molecule has 3 aliphatic rings. The van der Waals surface area contributed by atoms with Gasteiger partial charge in [0.2, 0.25) is 0 Å². The van der Waals surface area contributed by atoms with Gasteiger partial charge in [-0.25, -0.2) is 0 Å². The molecule has 2 saturated heterocycles. The second-order valence-corrected chi connectivity index (χ2v) is 6.85. The Balaban J connectivity index is 1.60. The molecule has 3 nitrogen and oxygen atoms in total. The van der Waals surface area contributed by atoms with Crippen LogP contribution in [0, 0.1) is 17.8 Å². The van der Waals surface area contributed by atoms with Crippen LogP contribution in [0.3, 0.4) is 0 Å². The third-order valence-corrected chi connectivity index (χ3v) is 4.98. The van der Waals surface area contributed by atoms with Crippen molar-refractivity contribution in [3.05, 3.63) is 0 Å². The molecular weight excluding hydrogens is 224 g/mol. The molecule has 2 aliphatic heterocycles. The van der Waals surface area contributed by atoms with E-state index in [0.717, 1.165) is 37.0 Å². The second kappa shape index (κ2) is 5.48. The van der Waals surface area contributed by atoms with Gasteiger partial charge in [0.15, 0.2) is 0 Å². The molecule has 0 aromatic carbocycles. The van der Waals surface area contributed by atoms with Crippen molar-refractivity contribution in [2.45, 2.75) is 45.2 Å². The highest BCUT2D eigenvalue weighted by atomic mass is 16.5. The summed E-state index contributed by atoms with van der Waals surface area (Å²) in [6.07, 6.45) is 4.18. The van der Waals surface area contributed by atoms with Crippen molar-refractivity contribution in [1.29, 1.82) is 0 Å². The molecule has 0 radical (unpaired) electrons. The highest BCUT2D eigenvalue weighted by Gasteiger charge is 2.40. The van der Waals surface area contributed by atoms with Gasteiger partial charge < -0.3 is 10.1 Å². The minimum absolute atomic E-state index is 0.683. The van der Waals surface area contributed by atoms with Crippen molar-refractivity contribution < 1.29 is 4.74 Å². The largest absolute Gasteiger partial charge is 0.381 e. The summed E-state index contributed by atoms with van der Waals surface area (Å²) < 4.78 is 5.54. The van der Waals surface area contributed by atoms with Crippen LogP contribution in [-0.4, -0.2) is 49.8 Å². The number of nitrogens with one attached hydrogen (secondary N) is 1. The zero-order valence-corrected chi connectivity index (χ0v) is 11.9. The molecule has 0 aromatic heterocycles. The molecule has 3 rings (SSSR count). The van der Waals surface area contributed by atoms with Gasteiger partial charge in [-0.05, 0) is 37.0 Å². The Morgan fingerprint density at radius 3 is 2.72 bits per heavy atom. The van der Waals surface area contributed by atoms with E-state index >= 15 is 0 Å². The molecule has 0 aromatic rings. The zero-order chi connectivity index (χ0) is 12.5. The lowest BCUT2D eigenvalue weighted by Gasteiger charge is -2.43. The number of hydrogen-bond acceptors (Lipinski definition) is 3. The van der Waals surface area contributed by atoms with Gasteiger partial charge in [0, 0.05) is 38.3 Å². The molecule has 3 fully saturated rings. The Kier molecular flexibility index (Phi) is 3.92. The van der Waals surface area contributed by atoms with E-state index < -0.39 is 0 Å². The van der Waals surface area contributed by atoms with Crippen LogP contribution in [0.1, 0.15) is 33.1 Å². The number of piperazine rings is 1. The smallest absolute Gasteiger partial charge is 0.0507 e. The van der Waals surface area contributed by atoms with Gasteiger partial charge in [-0.15, -0.1) is 0 Å². The predicted molar refractivity (Wildman–Crippen MR) is 73.6 cm³/mol. The van der Waals surface area contributed by atoms with Crippen LogP contribution in [0.2, 0.25) is 0 Å². The standard InChI is InChI=1S/C15H28N2O/c1-11(2)14-9-17(8-12-5-6-18-10-12)15(7-16-14)13-3-4-13/h11-16H,3-10H2,1-2H3. The van der Waals surface area contributed by atoms with Gasteiger partial charge in [-0.2, -0.15) is 0 Å². The maximum atomic E-state index is 5.54. The summed E-state index contributed by atoms with van der Waals surface area (Å²) in [5.74, 6) is 2.51. The SMILES string of the molecule is CC(C)C1CN(CC2CCOC2)C(C2CC2)CN1. The molecule has 0 amide bonds. The fraction of sp³-hybridized carbons (Fsp3) is 1.00. The number of ether oxygens (including phenoxy) is 1. The first kappa shape index (κ1) is 12.9. The van der Waals surface area contributed by atoms with Crippen LogP contribution >= 0.6 is 0 Å². The maximum Gasteiger partial charge on any atom is 0.0507 e. The molecule has 104 valence electrons. The number of rotatable bonds is 4. The Bertz CT molecular complexity index is 270. The molecule has 3 atom stereocenters. The molecule has 1 saturated carbocycles. The van der Waals surface area contributed by atoms with Crippen LogP contribution in [0.4, 0.5) is 0 Å². The van der Waals surface area contributed by atoms with E-state index in [1.807, 2.05) is 0 Å². The maximum absolute atomic E-state index is 5.54. The fourth-order valence-corrected chi connectivity index (χ4v) is 3.52. The number of hydrogen-bond donors (Lipinski definition) is 1. The van der Waals surface area contributed by atoms with Gasteiger partial charge in [-0.3, -0.25) is 4.90 Å². The van der Waals surface area contributed by atoms with Gasteiger partial charge in [0.05, 0.1) is 6.61 Å². The van der Waals surface area contributed by atoms with Crippen molar-refractivity contribution in [3.8, 4) is 0 Å². The molecule has 2 heterocycles. The van der Waals surface area contributed by atoms with E-state index in [4.69, 9.17) is 4.74 Å². The molecule has 1 aliphatic carbocycles. The first-order chi connectivity index (χ1) is 8.74. The average molecular weight is 252 g/mol. The Labute approximate surface area is 111 Å². The lowest BCUT2D eigenvalue weighted by Crippen LogP contribution is -2.59. The summed E-state index contributed by atoms with van der Waals surface area (Å²) >= 11 is 0. The highest BCUT2D eigenvalue weighted by molar-refractivity contribution is 4.96. The minimum atomic E-state index is 0.683. The van der Waals surface area contributed by atoms with Crippen LogP contribution in [0.25, 0.3) is 0 Å². The minimum Gasteiger partial charge on any atom is -0.381 e. The molecule has 0 spiro atoms. The van der Waals surface area contributed by atoms with Crippen LogP contribution < -0.4 is 5.32 Å². The molecule has 0 bridgehead atoms. The summed E-state index contributed by atoms with van der Waals surface area (Å²) in [4.78, 5) is 2.79. The highest BCUT2D eigenvalue weighted by Crippen LogP contribution is 2.37. The lowest BCUT2D eigenvalue weighted by molar-refractivity contribution is 0.0786. The summed E-state index contributed by atoms with van der Waals surface area (Å²) in [7, 11) is 0. The quantitative estimate of drug-likeness (QED) is 0.825. The molecule has 1 N–H and O–H groups in total. The Morgan fingerprint density at radius 1 is 1.28 bits per heavy atom. The molecule has 18 heavy (non-hydrogen) atoms. The lowest BCUT2D eigenvalue weighted by atomic mass is 9.96. The first-order valence-corrected chi connectivity index (χ1v) is 7.79. The topological polar surface area (TPSA) is 24.5 Å². The Morgan fingerprint density at radius 2 is 2.11 bits per heavy atom. The van der Waals surface area contributed by atoms with Gasteiger partial charge in [-0.1, -0.05) is 13.8 Å². The van der Waals surface area contributed by atoms with Crippen molar-refractivity contribution in [3.63, 3.8) is 0 Å². The summed E-state index contributed by atoms with van der Waals surface area (Å²) in [6, 6.07) is 1.49. The Hall–Kier alpha value is -0.120. The van der Waals surface area contributed by atoms with E-state index in [-0.39, 0.29) is 0 Å². The van der Waals surface area contributed by atoms with Crippen LogP contribution in [0.15, 0.2) is 0 Å². The number of nitrogens with zero attached hydrogens (tertiary/aromatic N) is 1. The van der Waals surface area contributed by atoms with E-state index in [0.29, 0.717) is 6.04 Å². The summed E-state index contributed by atoms with van der Waals surface area (Å²) in [5.41, 5.74) is 0. The third-order valence-electron chi connectivity index (χ3n) is 4.98. The van der Waals surface area contributed by atoms with E-state index in [9.17, 15) is 0 Å². The van der Waals surface area contributed by atoms with Crippen LogP contribution in [0.5, 0.6) is 0 Å². The monoisotopic (exact) mass is 252 g/mol. The van der Waals surface area contributed by atoms with Gasteiger partial charge in [0.1, 0.15) is 0 Å². The van der Waals surface area contributed by atoms with Gasteiger partial charge >= 0.3 is 0 Å². The van der Waals surface area contributed by atoms with Crippen LogP contribution in [-0.2, 0) is 4.74 Å². The van der Waals surface area contributed by atoms with Crippen molar-refractivity contribution in [2.24, 2.45) is 17.8 Å². The normalized spacial score (nSPS) is 38.5.